The van der Waals surface area contributed by atoms with Crippen LogP contribution in [-0.2, 0) is 10.2 Å². The van der Waals surface area contributed by atoms with Crippen LogP contribution in [-0.4, -0.2) is 56.8 Å². The van der Waals surface area contributed by atoms with Gasteiger partial charge in [0.25, 0.3) is 10.2 Å². The van der Waals surface area contributed by atoms with Crippen molar-refractivity contribution in [1.29, 1.82) is 0 Å². The van der Waals surface area contributed by atoms with Gasteiger partial charge in [-0.2, -0.15) is 17.0 Å². The third-order valence-electron chi connectivity index (χ3n) is 2.42. The van der Waals surface area contributed by atoms with Gasteiger partial charge in [0.2, 0.25) is 0 Å². The van der Waals surface area contributed by atoms with Crippen LogP contribution in [0.5, 0.6) is 0 Å². The fourth-order valence-electron chi connectivity index (χ4n) is 1.55. The third kappa shape index (κ3) is 2.44. The molecule has 5 nitrogen and oxygen atoms in total. The first kappa shape index (κ1) is 11.9. The molecule has 6 heteroatoms. The molecule has 0 radical (unpaired) electrons. The maximum absolute atomic E-state index is 11.9. The monoisotopic (exact) mass is 221 g/mol. The van der Waals surface area contributed by atoms with E-state index in [9.17, 15) is 8.42 Å². The molecule has 0 aliphatic carbocycles. The van der Waals surface area contributed by atoms with E-state index in [-0.39, 0.29) is 6.04 Å². The van der Waals surface area contributed by atoms with E-state index in [1.807, 2.05) is 6.92 Å². The van der Waals surface area contributed by atoms with Gasteiger partial charge in [0.05, 0.1) is 0 Å². The predicted octanol–water partition coefficient (Wildman–Crippen LogP) is -0.523. The number of nitrogens with one attached hydrogen (secondary N) is 1. The molecular weight excluding hydrogens is 202 g/mol. The van der Waals surface area contributed by atoms with Gasteiger partial charge in [0.15, 0.2) is 0 Å². The minimum atomic E-state index is -3.25. The molecule has 0 aromatic rings. The minimum absolute atomic E-state index is 0.0323. The highest BCUT2D eigenvalue weighted by molar-refractivity contribution is 7.86. The predicted molar refractivity (Wildman–Crippen MR) is 56.3 cm³/mol. The standard InChI is InChI=1S/C8H19N3O2S/c1-8-7-9-5-4-6-11(8)14(12,13)10(2)3/h8-9H,4-7H2,1-3H3. The largest absolute Gasteiger partial charge is 0.315 e. The van der Waals surface area contributed by atoms with Crippen LogP contribution in [0.25, 0.3) is 0 Å². The second-order valence-electron chi connectivity index (χ2n) is 3.81. The summed E-state index contributed by atoms with van der Waals surface area (Å²) in [5, 5.41) is 3.21. The molecule has 0 aromatic carbocycles. The molecule has 1 rings (SSSR count). The summed E-state index contributed by atoms with van der Waals surface area (Å²) in [5.74, 6) is 0. The summed E-state index contributed by atoms with van der Waals surface area (Å²) in [6, 6.07) is 0.0323. The number of rotatable bonds is 2. The fraction of sp³-hybridized carbons (Fsp3) is 1.00. The normalized spacial score (nSPS) is 26.4. The van der Waals surface area contributed by atoms with Crippen LogP contribution in [0, 0.1) is 0 Å². The minimum Gasteiger partial charge on any atom is -0.315 e. The molecule has 1 unspecified atom stereocenters. The fourth-order valence-corrected chi connectivity index (χ4v) is 2.85. The molecule has 0 aromatic heterocycles. The van der Waals surface area contributed by atoms with Crippen molar-refractivity contribution >= 4 is 10.2 Å². The Balaban J connectivity index is 2.83. The second-order valence-corrected chi connectivity index (χ2v) is 5.90. The van der Waals surface area contributed by atoms with Crippen LogP contribution in [0.2, 0.25) is 0 Å². The Kier molecular flexibility index (Phi) is 3.88. The molecular formula is C8H19N3O2S. The summed E-state index contributed by atoms with van der Waals surface area (Å²) in [7, 11) is -0.106. The van der Waals surface area contributed by atoms with Gasteiger partial charge in [0.1, 0.15) is 0 Å². The molecule has 0 amide bonds. The molecule has 1 fully saturated rings. The van der Waals surface area contributed by atoms with Crippen molar-refractivity contribution in [2.45, 2.75) is 19.4 Å². The second kappa shape index (κ2) is 4.57. The van der Waals surface area contributed by atoms with E-state index in [0.717, 1.165) is 19.5 Å². The lowest BCUT2D eigenvalue weighted by molar-refractivity contribution is 0.328. The molecule has 1 N–H and O–H groups in total. The zero-order valence-corrected chi connectivity index (χ0v) is 9.84. The Bertz CT molecular complexity index is 276. The number of hydrogen-bond donors (Lipinski definition) is 1. The Morgan fingerprint density at radius 2 is 2.07 bits per heavy atom. The number of nitrogens with zero attached hydrogens (tertiary/aromatic N) is 2. The van der Waals surface area contributed by atoms with Crippen LogP contribution in [0.4, 0.5) is 0 Å². The summed E-state index contributed by atoms with van der Waals surface area (Å²) in [4.78, 5) is 0. The van der Waals surface area contributed by atoms with Gasteiger partial charge in [-0.25, -0.2) is 0 Å². The lowest BCUT2D eigenvalue weighted by atomic mass is 10.3. The van der Waals surface area contributed by atoms with E-state index in [4.69, 9.17) is 0 Å². The van der Waals surface area contributed by atoms with Crippen molar-refractivity contribution in [2.75, 3.05) is 33.7 Å². The molecule has 0 bridgehead atoms. The zero-order valence-electron chi connectivity index (χ0n) is 9.02. The highest BCUT2D eigenvalue weighted by Crippen LogP contribution is 2.11. The van der Waals surface area contributed by atoms with Crippen molar-refractivity contribution in [2.24, 2.45) is 0 Å². The van der Waals surface area contributed by atoms with Crippen molar-refractivity contribution in [1.82, 2.24) is 13.9 Å². The molecule has 84 valence electrons. The van der Waals surface area contributed by atoms with Crippen LogP contribution in [0.3, 0.4) is 0 Å². The quantitative estimate of drug-likeness (QED) is 0.682. The lowest BCUT2D eigenvalue weighted by Gasteiger charge is -2.28. The Labute approximate surface area is 86.3 Å². The van der Waals surface area contributed by atoms with Gasteiger partial charge in [-0.1, -0.05) is 0 Å². The smallest absolute Gasteiger partial charge is 0.281 e. The molecule has 1 aliphatic heterocycles. The summed E-state index contributed by atoms with van der Waals surface area (Å²) >= 11 is 0. The lowest BCUT2D eigenvalue weighted by Crippen LogP contribution is -2.46. The average molecular weight is 221 g/mol. The summed E-state index contributed by atoms with van der Waals surface area (Å²) < 4.78 is 26.6. The van der Waals surface area contributed by atoms with E-state index in [1.165, 1.54) is 4.31 Å². The number of hydrogen-bond acceptors (Lipinski definition) is 3. The van der Waals surface area contributed by atoms with Gasteiger partial charge in [0, 0.05) is 33.2 Å². The van der Waals surface area contributed by atoms with Gasteiger partial charge in [-0.15, -0.1) is 0 Å². The molecule has 1 saturated heterocycles. The third-order valence-corrected chi connectivity index (χ3v) is 4.48. The van der Waals surface area contributed by atoms with E-state index in [0.29, 0.717) is 6.54 Å². The first-order chi connectivity index (χ1) is 6.46. The Hall–Kier alpha value is -0.170. The summed E-state index contributed by atoms with van der Waals surface area (Å²) in [5.41, 5.74) is 0. The molecule has 1 heterocycles. The molecule has 14 heavy (non-hydrogen) atoms. The van der Waals surface area contributed by atoms with Crippen molar-refractivity contribution < 1.29 is 8.42 Å². The van der Waals surface area contributed by atoms with Crippen LogP contribution < -0.4 is 5.32 Å². The molecule has 0 saturated carbocycles. The first-order valence-corrected chi connectivity index (χ1v) is 6.26. The Morgan fingerprint density at radius 1 is 1.43 bits per heavy atom. The highest BCUT2D eigenvalue weighted by atomic mass is 32.2. The van der Waals surface area contributed by atoms with Gasteiger partial charge in [-0.3, -0.25) is 0 Å². The summed E-state index contributed by atoms with van der Waals surface area (Å²) in [6.07, 6.45) is 0.872. The zero-order chi connectivity index (χ0) is 10.8. The van der Waals surface area contributed by atoms with Crippen LogP contribution in [0.15, 0.2) is 0 Å². The molecule has 0 spiro atoms. The molecule has 1 aliphatic rings. The van der Waals surface area contributed by atoms with Crippen LogP contribution in [0.1, 0.15) is 13.3 Å². The van der Waals surface area contributed by atoms with E-state index >= 15 is 0 Å². The maximum Gasteiger partial charge on any atom is 0.281 e. The first-order valence-electron chi connectivity index (χ1n) is 4.86. The van der Waals surface area contributed by atoms with Crippen molar-refractivity contribution in [3.05, 3.63) is 0 Å². The summed E-state index contributed by atoms with van der Waals surface area (Å²) in [6.45, 7) is 4.16. The van der Waals surface area contributed by atoms with Gasteiger partial charge >= 0.3 is 0 Å². The highest BCUT2D eigenvalue weighted by Gasteiger charge is 2.29. The average Bonchev–Trinajstić information content (AvgIpc) is 2.29. The van der Waals surface area contributed by atoms with E-state index < -0.39 is 10.2 Å². The van der Waals surface area contributed by atoms with Crippen molar-refractivity contribution in [3.8, 4) is 0 Å². The van der Waals surface area contributed by atoms with Crippen molar-refractivity contribution in [3.63, 3.8) is 0 Å². The van der Waals surface area contributed by atoms with Gasteiger partial charge in [-0.05, 0) is 19.9 Å². The topological polar surface area (TPSA) is 52.7 Å². The van der Waals surface area contributed by atoms with E-state index in [1.54, 1.807) is 18.4 Å². The molecule has 1 atom stereocenters. The SMILES string of the molecule is CC1CNCCCN1S(=O)(=O)N(C)C. The van der Waals surface area contributed by atoms with Crippen LogP contribution >= 0.6 is 0 Å². The maximum atomic E-state index is 11.9. The van der Waals surface area contributed by atoms with E-state index in [2.05, 4.69) is 5.32 Å². The van der Waals surface area contributed by atoms with Gasteiger partial charge < -0.3 is 5.32 Å². The Morgan fingerprint density at radius 3 is 2.64 bits per heavy atom.